The van der Waals surface area contributed by atoms with E-state index in [1.807, 2.05) is 6.92 Å². The van der Waals surface area contributed by atoms with E-state index < -0.39 is 0 Å². The molecule has 5 nitrogen and oxygen atoms in total. The van der Waals surface area contributed by atoms with Crippen LogP contribution in [0.1, 0.15) is 33.6 Å². The molecule has 0 aliphatic heterocycles. The average Bonchev–Trinajstić information content (AvgIpc) is 2.28. The summed E-state index contributed by atoms with van der Waals surface area (Å²) in [7, 11) is 1.38. The van der Waals surface area contributed by atoms with Crippen molar-refractivity contribution in [1.82, 2.24) is 10.6 Å². The summed E-state index contributed by atoms with van der Waals surface area (Å²) in [5, 5.41) is 6.37. The van der Waals surface area contributed by atoms with Gasteiger partial charge in [-0.15, -0.1) is 0 Å². The molecule has 0 amide bonds. The second kappa shape index (κ2) is 9.00. The molecule has 0 heterocycles. The molecule has 5 heteroatoms. The zero-order chi connectivity index (χ0) is 12.4. The third kappa shape index (κ3) is 7.09. The number of carbonyl (C=O) groups is 1. The Morgan fingerprint density at radius 3 is 2.62 bits per heavy atom. The quantitative estimate of drug-likeness (QED) is 0.403. The van der Waals surface area contributed by atoms with Gasteiger partial charge in [-0.25, -0.2) is 0 Å². The van der Waals surface area contributed by atoms with Crippen LogP contribution in [-0.2, 0) is 9.53 Å². The van der Waals surface area contributed by atoms with Gasteiger partial charge in [-0.2, -0.15) is 0 Å². The first kappa shape index (κ1) is 14.7. The summed E-state index contributed by atoms with van der Waals surface area (Å²) in [5.74, 6) is 0.517. The molecule has 1 unspecified atom stereocenters. The van der Waals surface area contributed by atoms with Gasteiger partial charge in [0, 0.05) is 12.6 Å². The molecule has 16 heavy (non-hydrogen) atoms. The Bertz CT molecular complexity index is 229. The second-order valence-electron chi connectivity index (χ2n) is 3.54. The molecule has 0 rings (SSSR count). The van der Waals surface area contributed by atoms with Gasteiger partial charge in [0.25, 0.3) is 0 Å². The maximum absolute atomic E-state index is 10.9. The number of guanidine groups is 1. The van der Waals surface area contributed by atoms with Crippen molar-refractivity contribution in [3.8, 4) is 0 Å². The fraction of sp³-hybridized carbons (Fsp3) is 0.818. The molecule has 0 aliphatic carbocycles. The molecule has 0 aromatic carbocycles. The van der Waals surface area contributed by atoms with E-state index in [-0.39, 0.29) is 5.97 Å². The first-order valence-electron chi connectivity index (χ1n) is 5.75. The largest absolute Gasteiger partial charge is 0.469 e. The predicted molar refractivity (Wildman–Crippen MR) is 65.5 cm³/mol. The summed E-state index contributed by atoms with van der Waals surface area (Å²) in [5.41, 5.74) is 0. The van der Waals surface area contributed by atoms with Crippen LogP contribution in [0.3, 0.4) is 0 Å². The molecular formula is C11H23N3O2. The van der Waals surface area contributed by atoms with Crippen molar-refractivity contribution in [3.05, 3.63) is 0 Å². The van der Waals surface area contributed by atoms with Crippen LogP contribution in [0.25, 0.3) is 0 Å². The molecule has 1 atom stereocenters. The number of methoxy groups -OCH3 is 1. The van der Waals surface area contributed by atoms with Gasteiger partial charge in [0.2, 0.25) is 0 Å². The molecule has 0 fully saturated rings. The van der Waals surface area contributed by atoms with Crippen LogP contribution in [0.4, 0.5) is 0 Å². The van der Waals surface area contributed by atoms with E-state index in [0.717, 1.165) is 18.9 Å². The highest BCUT2D eigenvalue weighted by molar-refractivity contribution is 5.80. The number of esters is 1. The van der Waals surface area contributed by atoms with Crippen LogP contribution in [0.5, 0.6) is 0 Å². The summed E-state index contributed by atoms with van der Waals surface area (Å²) in [6.45, 7) is 7.45. The predicted octanol–water partition coefficient (Wildman–Crippen LogP) is 0.903. The highest BCUT2D eigenvalue weighted by Crippen LogP contribution is 1.89. The van der Waals surface area contributed by atoms with Crippen LogP contribution in [0.15, 0.2) is 4.99 Å². The molecule has 94 valence electrons. The monoisotopic (exact) mass is 229 g/mol. The smallest absolute Gasteiger partial charge is 0.307 e. The van der Waals surface area contributed by atoms with Crippen molar-refractivity contribution in [2.24, 2.45) is 4.99 Å². The Labute approximate surface area is 97.7 Å². The molecule has 0 bridgehead atoms. The summed E-state index contributed by atoms with van der Waals surface area (Å²) in [6.07, 6.45) is 1.34. The molecule has 0 spiro atoms. The minimum absolute atomic E-state index is 0.233. The van der Waals surface area contributed by atoms with E-state index in [0.29, 0.717) is 19.0 Å². The topological polar surface area (TPSA) is 62.7 Å². The molecule has 0 aromatic rings. The Balaban J connectivity index is 4.07. The number of ether oxygens (including phenoxy) is 1. The van der Waals surface area contributed by atoms with Crippen LogP contribution in [0, 0.1) is 0 Å². The molecule has 0 saturated heterocycles. The highest BCUT2D eigenvalue weighted by atomic mass is 16.5. The number of hydrogen-bond donors (Lipinski definition) is 2. The minimum atomic E-state index is -0.233. The van der Waals surface area contributed by atoms with E-state index in [4.69, 9.17) is 0 Å². The summed E-state index contributed by atoms with van der Waals surface area (Å²) < 4.78 is 4.55. The number of carbonyl (C=O) groups excluding carboxylic acids is 1. The van der Waals surface area contributed by atoms with Gasteiger partial charge in [0.15, 0.2) is 5.96 Å². The fourth-order valence-electron chi connectivity index (χ4n) is 1.02. The zero-order valence-electron chi connectivity index (χ0n) is 10.7. The van der Waals surface area contributed by atoms with E-state index in [9.17, 15) is 4.79 Å². The number of rotatable bonds is 6. The van der Waals surface area contributed by atoms with Gasteiger partial charge in [-0.05, 0) is 20.3 Å². The summed E-state index contributed by atoms with van der Waals surface area (Å²) >= 11 is 0. The average molecular weight is 229 g/mol. The van der Waals surface area contributed by atoms with Crippen molar-refractivity contribution in [1.29, 1.82) is 0 Å². The van der Waals surface area contributed by atoms with Crippen molar-refractivity contribution in [2.45, 2.75) is 39.7 Å². The summed E-state index contributed by atoms with van der Waals surface area (Å²) in [4.78, 5) is 15.2. The van der Waals surface area contributed by atoms with Crippen LogP contribution in [-0.4, -0.2) is 38.2 Å². The Kier molecular flexibility index (Phi) is 8.29. The van der Waals surface area contributed by atoms with Gasteiger partial charge in [-0.1, -0.05) is 6.92 Å². The third-order valence-electron chi connectivity index (χ3n) is 2.15. The lowest BCUT2D eigenvalue weighted by Crippen LogP contribution is -2.42. The Morgan fingerprint density at radius 1 is 1.44 bits per heavy atom. The SMILES string of the molecule is CCNC(=NCCC(=O)OC)NC(C)CC. The Morgan fingerprint density at radius 2 is 2.12 bits per heavy atom. The van der Waals surface area contributed by atoms with E-state index in [2.05, 4.69) is 34.2 Å². The molecule has 0 radical (unpaired) electrons. The van der Waals surface area contributed by atoms with E-state index in [1.54, 1.807) is 0 Å². The van der Waals surface area contributed by atoms with Gasteiger partial charge >= 0.3 is 5.97 Å². The van der Waals surface area contributed by atoms with Gasteiger partial charge in [0.1, 0.15) is 0 Å². The highest BCUT2D eigenvalue weighted by Gasteiger charge is 2.03. The van der Waals surface area contributed by atoms with Crippen molar-refractivity contribution in [2.75, 3.05) is 20.2 Å². The maximum atomic E-state index is 10.9. The third-order valence-corrected chi connectivity index (χ3v) is 2.15. The molecule has 0 aromatic heterocycles. The Hall–Kier alpha value is -1.26. The van der Waals surface area contributed by atoms with Gasteiger partial charge in [-0.3, -0.25) is 9.79 Å². The standard InChI is InChI=1S/C11H23N3O2/c1-5-9(3)14-11(12-6-2)13-8-7-10(15)16-4/h9H,5-8H2,1-4H3,(H2,12,13,14). The first-order valence-corrected chi connectivity index (χ1v) is 5.75. The van der Waals surface area contributed by atoms with Crippen LogP contribution < -0.4 is 10.6 Å². The lowest BCUT2D eigenvalue weighted by molar-refractivity contribution is -0.140. The minimum Gasteiger partial charge on any atom is -0.469 e. The number of nitrogens with zero attached hydrogens (tertiary/aromatic N) is 1. The second-order valence-corrected chi connectivity index (χ2v) is 3.54. The molecular weight excluding hydrogens is 206 g/mol. The molecule has 0 saturated carbocycles. The zero-order valence-corrected chi connectivity index (χ0v) is 10.7. The molecule has 2 N–H and O–H groups in total. The van der Waals surface area contributed by atoms with E-state index >= 15 is 0 Å². The lowest BCUT2D eigenvalue weighted by atomic mass is 10.3. The molecule has 0 aliphatic rings. The van der Waals surface area contributed by atoms with Crippen molar-refractivity contribution in [3.63, 3.8) is 0 Å². The van der Waals surface area contributed by atoms with E-state index in [1.165, 1.54) is 7.11 Å². The number of nitrogens with one attached hydrogen (secondary N) is 2. The van der Waals surface area contributed by atoms with Gasteiger partial charge in [0.05, 0.1) is 20.1 Å². The number of aliphatic imine (C=N–C) groups is 1. The maximum Gasteiger partial charge on any atom is 0.307 e. The normalized spacial score (nSPS) is 13.1. The van der Waals surface area contributed by atoms with Crippen molar-refractivity contribution < 1.29 is 9.53 Å². The lowest BCUT2D eigenvalue weighted by Gasteiger charge is -2.15. The number of hydrogen-bond acceptors (Lipinski definition) is 3. The van der Waals surface area contributed by atoms with Crippen LogP contribution in [0.2, 0.25) is 0 Å². The van der Waals surface area contributed by atoms with Crippen molar-refractivity contribution >= 4 is 11.9 Å². The van der Waals surface area contributed by atoms with Gasteiger partial charge < -0.3 is 15.4 Å². The summed E-state index contributed by atoms with van der Waals surface area (Å²) in [6, 6.07) is 0.371. The van der Waals surface area contributed by atoms with Crippen LogP contribution >= 0.6 is 0 Å². The fourth-order valence-corrected chi connectivity index (χ4v) is 1.02. The first-order chi connectivity index (χ1) is 7.63.